The molecule has 1 aliphatic heterocycles. The zero-order valence-electron chi connectivity index (χ0n) is 10.3. The summed E-state index contributed by atoms with van der Waals surface area (Å²) < 4.78 is 0. The van der Waals surface area contributed by atoms with Gasteiger partial charge in [0.05, 0.1) is 5.54 Å². The first-order chi connectivity index (χ1) is 7.43. The number of rotatable bonds is 4. The normalized spacial score (nSPS) is 30.1. The Morgan fingerprint density at radius 1 is 1.56 bits per heavy atom. The molecule has 0 aromatic carbocycles. The maximum absolute atomic E-state index is 11.8. The van der Waals surface area contributed by atoms with Crippen LogP contribution in [0.4, 0.5) is 4.79 Å². The Balaban J connectivity index is 2.16. The molecule has 1 unspecified atom stereocenters. The minimum absolute atomic E-state index is 0.0833. The molecule has 90 valence electrons. The van der Waals surface area contributed by atoms with Crippen LogP contribution in [0.5, 0.6) is 0 Å². The van der Waals surface area contributed by atoms with Crippen LogP contribution in [-0.2, 0) is 0 Å². The first-order valence-electron chi connectivity index (χ1n) is 6.11. The van der Waals surface area contributed by atoms with Gasteiger partial charge in [0, 0.05) is 6.54 Å². The summed E-state index contributed by atoms with van der Waals surface area (Å²) in [4.78, 5) is 13.7. The molecular formula is C12H21N3O. The lowest BCUT2D eigenvalue weighted by atomic mass is 9.89. The quantitative estimate of drug-likeness (QED) is 0.754. The highest BCUT2D eigenvalue weighted by Gasteiger charge is 2.48. The predicted molar refractivity (Wildman–Crippen MR) is 63.5 cm³/mol. The van der Waals surface area contributed by atoms with E-state index in [1.807, 2.05) is 11.8 Å². The molecule has 0 aromatic rings. The summed E-state index contributed by atoms with van der Waals surface area (Å²) in [5, 5.41) is 10.6. The van der Waals surface area contributed by atoms with Crippen LogP contribution in [0.2, 0.25) is 0 Å². The summed E-state index contributed by atoms with van der Waals surface area (Å²) in [6.07, 6.45) is 3.32. The average molecular weight is 223 g/mol. The standard InChI is InChI=1S/C12H21N3O/c1-8(2)6-12(3)10(13)14-11(16)15(12)7-9-4-5-9/h8-9H,4-7H2,1-3H3,(H2,13,14,16). The van der Waals surface area contributed by atoms with Crippen molar-refractivity contribution in [2.45, 2.75) is 45.6 Å². The first-order valence-corrected chi connectivity index (χ1v) is 6.11. The van der Waals surface area contributed by atoms with Crippen molar-refractivity contribution in [2.75, 3.05) is 6.54 Å². The fraction of sp³-hybridized carbons (Fsp3) is 0.833. The molecule has 2 fully saturated rings. The summed E-state index contributed by atoms with van der Waals surface area (Å²) in [7, 11) is 0. The molecule has 0 aromatic heterocycles. The van der Waals surface area contributed by atoms with E-state index < -0.39 is 5.54 Å². The number of amidine groups is 1. The van der Waals surface area contributed by atoms with E-state index in [-0.39, 0.29) is 6.03 Å². The van der Waals surface area contributed by atoms with Gasteiger partial charge in [0.1, 0.15) is 5.84 Å². The second-order valence-electron chi connectivity index (χ2n) is 5.73. The van der Waals surface area contributed by atoms with Crippen molar-refractivity contribution in [3.05, 3.63) is 0 Å². The molecule has 1 atom stereocenters. The molecule has 1 saturated carbocycles. The number of hydrogen-bond donors (Lipinski definition) is 2. The van der Waals surface area contributed by atoms with Gasteiger partial charge in [0.15, 0.2) is 0 Å². The summed E-state index contributed by atoms with van der Waals surface area (Å²) >= 11 is 0. The first kappa shape index (κ1) is 11.4. The van der Waals surface area contributed by atoms with Crippen molar-refractivity contribution < 1.29 is 4.79 Å². The summed E-state index contributed by atoms with van der Waals surface area (Å²) in [5.41, 5.74) is -0.409. The van der Waals surface area contributed by atoms with Gasteiger partial charge >= 0.3 is 6.03 Å². The van der Waals surface area contributed by atoms with Gasteiger partial charge in [0.25, 0.3) is 0 Å². The zero-order valence-corrected chi connectivity index (χ0v) is 10.3. The van der Waals surface area contributed by atoms with Gasteiger partial charge in [-0.15, -0.1) is 0 Å². The lowest BCUT2D eigenvalue weighted by Crippen LogP contribution is -2.48. The van der Waals surface area contributed by atoms with Gasteiger partial charge in [-0.3, -0.25) is 10.7 Å². The Kier molecular flexibility index (Phi) is 2.68. The van der Waals surface area contributed by atoms with E-state index >= 15 is 0 Å². The van der Waals surface area contributed by atoms with Crippen LogP contribution in [0.25, 0.3) is 0 Å². The van der Waals surface area contributed by atoms with Crippen LogP contribution in [0.1, 0.15) is 40.0 Å². The van der Waals surface area contributed by atoms with Crippen LogP contribution in [0.3, 0.4) is 0 Å². The van der Waals surface area contributed by atoms with Crippen molar-refractivity contribution in [1.82, 2.24) is 10.2 Å². The van der Waals surface area contributed by atoms with E-state index in [1.165, 1.54) is 12.8 Å². The zero-order chi connectivity index (χ0) is 11.9. The second-order valence-corrected chi connectivity index (χ2v) is 5.73. The molecule has 2 N–H and O–H groups in total. The van der Waals surface area contributed by atoms with Gasteiger partial charge in [-0.2, -0.15) is 0 Å². The van der Waals surface area contributed by atoms with E-state index in [2.05, 4.69) is 19.2 Å². The molecule has 0 radical (unpaired) electrons. The molecule has 1 heterocycles. The van der Waals surface area contributed by atoms with E-state index in [4.69, 9.17) is 5.41 Å². The van der Waals surface area contributed by atoms with Gasteiger partial charge in [-0.25, -0.2) is 4.79 Å². The summed E-state index contributed by atoms with van der Waals surface area (Å²) in [5.74, 6) is 1.52. The maximum atomic E-state index is 11.8. The molecule has 16 heavy (non-hydrogen) atoms. The van der Waals surface area contributed by atoms with E-state index in [9.17, 15) is 4.79 Å². The lowest BCUT2D eigenvalue weighted by Gasteiger charge is -2.34. The number of amides is 2. The van der Waals surface area contributed by atoms with Crippen molar-refractivity contribution in [2.24, 2.45) is 11.8 Å². The topological polar surface area (TPSA) is 56.2 Å². The predicted octanol–water partition coefficient (Wildman–Crippen LogP) is 2.20. The highest BCUT2D eigenvalue weighted by atomic mass is 16.2. The Bertz CT molecular complexity index is 322. The molecule has 2 aliphatic rings. The van der Waals surface area contributed by atoms with Crippen molar-refractivity contribution in [3.8, 4) is 0 Å². The van der Waals surface area contributed by atoms with Crippen LogP contribution < -0.4 is 5.32 Å². The van der Waals surface area contributed by atoms with Crippen molar-refractivity contribution in [3.63, 3.8) is 0 Å². The Labute approximate surface area is 96.9 Å². The van der Waals surface area contributed by atoms with Gasteiger partial charge in [-0.1, -0.05) is 13.8 Å². The number of hydrogen-bond acceptors (Lipinski definition) is 2. The Morgan fingerprint density at radius 3 is 2.69 bits per heavy atom. The van der Waals surface area contributed by atoms with Crippen LogP contribution in [0.15, 0.2) is 0 Å². The molecule has 4 nitrogen and oxygen atoms in total. The largest absolute Gasteiger partial charge is 0.323 e. The molecule has 0 bridgehead atoms. The molecular weight excluding hydrogens is 202 g/mol. The average Bonchev–Trinajstić information content (AvgIpc) is 2.91. The van der Waals surface area contributed by atoms with Gasteiger partial charge in [-0.05, 0) is 38.0 Å². The molecule has 1 aliphatic carbocycles. The van der Waals surface area contributed by atoms with E-state index in [0.29, 0.717) is 17.7 Å². The number of nitrogens with one attached hydrogen (secondary N) is 2. The SMILES string of the molecule is CC(C)CC1(C)C(=N)NC(=O)N1CC1CC1. The van der Waals surface area contributed by atoms with E-state index in [1.54, 1.807) is 0 Å². The van der Waals surface area contributed by atoms with Crippen LogP contribution in [0, 0.1) is 17.2 Å². The fourth-order valence-corrected chi connectivity index (χ4v) is 2.52. The van der Waals surface area contributed by atoms with E-state index in [0.717, 1.165) is 13.0 Å². The minimum atomic E-state index is -0.409. The van der Waals surface area contributed by atoms with Gasteiger partial charge in [0.2, 0.25) is 0 Å². The minimum Gasteiger partial charge on any atom is -0.312 e. The Morgan fingerprint density at radius 2 is 2.19 bits per heavy atom. The summed E-state index contributed by atoms with van der Waals surface area (Å²) in [6, 6.07) is -0.0833. The molecule has 1 saturated heterocycles. The maximum Gasteiger partial charge on any atom is 0.323 e. The fourth-order valence-electron chi connectivity index (χ4n) is 2.52. The number of carbonyl (C=O) groups excluding carboxylic acids is 1. The summed E-state index contributed by atoms with van der Waals surface area (Å²) in [6.45, 7) is 7.10. The monoisotopic (exact) mass is 223 g/mol. The molecule has 2 amide bonds. The van der Waals surface area contributed by atoms with Crippen LogP contribution >= 0.6 is 0 Å². The molecule has 0 spiro atoms. The smallest absolute Gasteiger partial charge is 0.312 e. The molecule has 4 heteroatoms. The third-order valence-electron chi connectivity index (χ3n) is 3.55. The third kappa shape index (κ3) is 1.93. The molecule has 2 rings (SSSR count). The number of urea groups is 1. The van der Waals surface area contributed by atoms with Crippen LogP contribution in [-0.4, -0.2) is 28.9 Å². The van der Waals surface area contributed by atoms with Gasteiger partial charge < -0.3 is 4.90 Å². The second kappa shape index (κ2) is 3.75. The van der Waals surface area contributed by atoms with Crippen molar-refractivity contribution >= 4 is 11.9 Å². The number of carbonyl (C=O) groups is 1. The highest BCUT2D eigenvalue weighted by Crippen LogP contribution is 2.36. The highest BCUT2D eigenvalue weighted by molar-refractivity contribution is 6.08. The lowest BCUT2D eigenvalue weighted by molar-refractivity contribution is 0.163. The third-order valence-corrected chi connectivity index (χ3v) is 3.55. The Hall–Kier alpha value is -1.06. The number of nitrogens with zero attached hydrogens (tertiary/aromatic N) is 1. The van der Waals surface area contributed by atoms with Crippen molar-refractivity contribution in [1.29, 1.82) is 5.41 Å².